The maximum atomic E-state index is 13.1. The smallest absolute Gasteiger partial charge is 0.244 e. The molecule has 0 fully saturated rings. The molecule has 0 saturated carbocycles. The quantitative estimate of drug-likeness (QED) is 0.743. The van der Waals surface area contributed by atoms with Crippen molar-refractivity contribution in [1.82, 2.24) is 19.8 Å². The van der Waals surface area contributed by atoms with E-state index in [9.17, 15) is 4.79 Å². The first-order valence-electron chi connectivity index (χ1n) is 8.48. The molecule has 0 saturated heterocycles. The number of rotatable bonds is 5. The number of carbonyl (C=O) groups excluding carboxylic acids is 1. The van der Waals surface area contributed by atoms with E-state index in [1.165, 1.54) is 0 Å². The number of amides is 1. The van der Waals surface area contributed by atoms with Crippen molar-refractivity contribution in [3.63, 3.8) is 0 Å². The van der Waals surface area contributed by atoms with Crippen molar-refractivity contribution in [3.8, 4) is 0 Å². The maximum Gasteiger partial charge on any atom is 0.244 e. The number of aryl methyl sites for hydroxylation is 1. The highest BCUT2D eigenvalue weighted by atomic mass is 35.5. The zero-order valence-corrected chi connectivity index (χ0v) is 16.2. The summed E-state index contributed by atoms with van der Waals surface area (Å²) >= 11 is 6.03. The molecule has 3 rings (SSSR count). The minimum absolute atomic E-state index is 0.0304. The molecule has 2 aromatic carbocycles. The Kier molecular flexibility index (Phi) is 5.30. The van der Waals surface area contributed by atoms with Gasteiger partial charge in [-0.3, -0.25) is 9.69 Å². The largest absolute Gasteiger partial charge is 0.340 e. The number of benzene rings is 2. The van der Waals surface area contributed by atoms with Gasteiger partial charge in [0.25, 0.3) is 0 Å². The Morgan fingerprint density at radius 3 is 2.62 bits per heavy atom. The van der Waals surface area contributed by atoms with Crippen LogP contribution in [-0.2, 0) is 11.3 Å². The van der Waals surface area contributed by atoms with Crippen LogP contribution in [0.2, 0.25) is 5.02 Å². The molecule has 0 aliphatic heterocycles. The number of imidazole rings is 1. The first kappa shape index (κ1) is 18.4. The van der Waals surface area contributed by atoms with Gasteiger partial charge in [0.05, 0.1) is 17.6 Å². The summed E-state index contributed by atoms with van der Waals surface area (Å²) in [7, 11) is 5.65. The molecular formula is C20H23ClN4O. The van der Waals surface area contributed by atoms with Crippen molar-refractivity contribution in [3.05, 3.63) is 64.4 Å². The van der Waals surface area contributed by atoms with Gasteiger partial charge in [0.2, 0.25) is 5.91 Å². The molecule has 3 aromatic rings. The average molecular weight is 371 g/mol. The second kappa shape index (κ2) is 7.48. The van der Waals surface area contributed by atoms with Crippen LogP contribution in [0.15, 0.2) is 42.5 Å². The van der Waals surface area contributed by atoms with Gasteiger partial charge in [-0.25, -0.2) is 4.98 Å². The number of halogens is 1. The van der Waals surface area contributed by atoms with Crippen LogP contribution in [0, 0.1) is 6.92 Å². The molecule has 0 spiro atoms. The van der Waals surface area contributed by atoms with E-state index in [0.29, 0.717) is 11.6 Å². The van der Waals surface area contributed by atoms with Crippen LogP contribution in [0.25, 0.3) is 11.0 Å². The van der Waals surface area contributed by atoms with E-state index in [1.807, 2.05) is 68.4 Å². The lowest BCUT2D eigenvalue weighted by Crippen LogP contribution is -2.38. The van der Waals surface area contributed by atoms with Crippen LogP contribution < -0.4 is 0 Å². The number of H-pyrrole nitrogens is 1. The number of hydrogen-bond acceptors (Lipinski definition) is 3. The lowest BCUT2D eigenvalue weighted by molar-refractivity contribution is -0.135. The summed E-state index contributed by atoms with van der Waals surface area (Å²) in [6.07, 6.45) is 0. The standard InChI is InChI=1S/C20H23ClN4O/c1-13-7-5-6-8-15(13)19(24(2)3)20(26)25(4)12-18-22-16-10-9-14(21)11-17(16)23-18/h5-11,19H,12H2,1-4H3,(H,22,23). The first-order chi connectivity index (χ1) is 12.4. The topological polar surface area (TPSA) is 52.2 Å². The van der Waals surface area contributed by atoms with Crippen LogP contribution in [0.1, 0.15) is 23.0 Å². The molecule has 5 nitrogen and oxygen atoms in total. The normalized spacial score (nSPS) is 12.5. The fourth-order valence-electron chi connectivity index (χ4n) is 3.15. The minimum atomic E-state index is -0.333. The zero-order valence-electron chi connectivity index (χ0n) is 15.5. The molecule has 1 amide bonds. The Morgan fingerprint density at radius 1 is 1.19 bits per heavy atom. The number of carbonyl (C=O) groups is 1. The average Bonchev–Trinajstić information content (AvgIpc) is 2.97. The Balaban J connectivity index is 1.83. The van der Waals surface area contributed by atoms with E-state index in [2.05, 4.69) is 9.97 Å². The van der Waals surface area contributed by atoms with Crippen molar-refractivity contribution >= 4 is 28.5 Å². The molecule has 136 valence electrons. The molecule has 1 unspecified atom stereocenters. The summed E-state index contributed by atoms with van der Waals surface area (Å²) in [5, 5.41) is 0.657. The number of aromatic nitrogens is 2. The molecule has 0 aliphatic rings. The zero-order chi connectivity index (χ0) is 18.8. The Hall–Kier alpha value is -2.37. The fourth-order valence-corrected chi connectivity index (χ4v) is 3.32. The van der Waals surface area contributed by atoms with E-state index >= 15 is 0 Å². The van der Waals surface area contributed by atoms with Gasteiger partial charge in [-0.05, 0) is 50.3 Å². The molecule has 0 bridgehead atoms. The Bertz CT molecular complexity index is 934. The summed E-state index contributed by atoms with van der Waals surface area (Å²) in [6, 6.07) is 13.2. The van der Waals surface area contributed by atoms with Gasteiger partial charge >= 0.3 is 0 Å². The highest BCUT2D eigenvalue weighted by molar-refractivity contribution is 6.31. The van der Waals surface area contributed by atoms with Crippen LogP contribution in [0.5, 0.6) is 0 Å². The minimum Gasteiger partial charge on any atom is -0.340 e. The third-order valence-corrected chi connectivity index (χ3v) is 4.72. The van der Waals surface area contributed by atoms with Gasteiger partial charge in [-0.1, -0.05) is 35.9 Å². The van der Waals surface area contributed by atoms with Crippen LogP contribution in [-0.4, -0.2) is 46.8 Å². The molecule has 1 heterocycles. The van der Waals surface area contributed by atoms with E-state index in [0.717, 1.165) is 28.0 Å². The Morgan fingerprint density at radius 2 is 1.92 bits per heavy atom. The van der Waals surface area contributed by atoms with Crippen molar-refractivity contribution in [2.24, 2.45) is 0 Å². The van der Waals surface area contributed by atoms with Crippen molar-refractivity contribution in [2.75, 3.05) is 21.1 Å². The van der Waals surface area contributed by atoms with Crippen LogP contribution in [0.4, 0.5) is 0 Å². The fraction of sp³-hybridized carbons (Fsp3) is 0.300. The molecule has 1 aromatic heterocycles. The number of aromatic amines is 1. The second-order valence-corrected chi connectivity index (χ2v) is 7.20. The summed E-state index contributed by atoms with van der Waals surface area (Å²) in [4.78, 5) is 24.6. The molecular weight excluding hydrogens is 348 g/mol. The highest BCUT2D eigenvalue weighted by Gasteiger charge is 2.27. The predicted molar refractivity (Wildman–Crippen MR) is 105 cm³/mol. The van der Waals surface area contributed by atoms with Gasteiger partial charge in [-0.2, -0.15) is 0 Å². The first-order valence-corrected chi connectivity index (χ1v) is 8.85. The van der Waals surface area contributed by atoms with Gasteiger partial charge in [0.1, 0.15) is 11.9 Å². The van der Waals surface area contributed by atoms with Gasteiger partial charge in [-0.15, -0.1) is 0 Å². The van der Waals surface area contributed by atoms with Crippen molar-refractivity contribution < 1.29 is 4.79 Å². The number of likely N-dealkylation sites (N-methyl/N-ethyl adjacent to an activating group) is 2. The SMILES string of the molecule is Cc1ccccc1C(C(=O)N(C)Cc1nc2ccc(Cl)cc2[nH]1)N(C)C. The van der Waals surface area contributed by atoms with E-state index in [4.69, 9.17) is 11.6 Å². The predicted octanol–water partition coefficient (Wildman–Crippen LogP) is 3.79. The van der Waals surface area contributed by atoms with E-state index in [1.54, 1.807) is 11.9 Å². The van der Waals surface area contributed by atoms with E-state index < -0.39 is 0 Å². The van der Waals surface area contributed by atoms with E-state index in [-0.39, 0.29) is 11.9 Å². The van der Waals surface area contributed by atoms with Gasteiger partial charge < -0.3 is 9.88 Å². The molecule has 26 heavy (non-hydrogen) atoms. The van der Waals surface area contributed by atoms with Crippen molar-refractivity contribution in [1.29, 1.82) is 0 Å². The number of hydrogen-bond donors (Lipinski definition) is 1. The number of nitrogens with one attached hydrogen (secondary N) is 1. The van der Waals surface area contributed by atoms with Gasteiger partial charge in [0.15, 0.2) is 0 Å². The monoisotopic (exact) mass is 370 g/mol. The molecule has 1 atom stereocenters. The molecule has 0 aliphatic carbocycles. The summed E-state index contributed by atoms with van der Waals surface area (Å²) < 4.78 is 0. The number of fused-ring (bicyclic) bond motifs is 1. The van der Waals surface area contributed by atoms with Crippen molar-refractivity contribution in [2.45, 2.75) is 19.5 Å². The molecule has 6 heteroatoms. The lowest BCUT2D eigenvalue weighted by Gasteiger charge is -2.29. The van der Waals surface area contributed by atoms with Crippen LogP contribution in [0.3, 0.4) is 0 Å². The summed E-state index contributed by atoms with van der Waals surface area (Å²) in [5.74, 6) is 0.767. The third kappa shape index (κ3) is 3.74. The molecule has 0 radical (unpaired) electrons. The summed E-state index contributed by atoms with van der Waals surface area (Å²) in [6.45, 7) is 2.43. The van der Waals surface area contributed by atoms with Crippen LogP contribution >= 0.6 is 11.6 Å². The Labute approximate surface area is 158 Å². The van der Waals surface area contributed by atoms with Gasteiger partial charge in [0, 0.05) is 12.1 Å². The highest BCUT2D eigenvalue weighted by Crippen LogP contribution is 2.24. The number of nitrogens with zero attached hydrogens (tertiary/aromatic N) is 3. The maximum absolute atomic E-state index is 13.1. The summed E-state index contributed by atoms with van der Waals surface area (Å²) in [5.41, 5.74) is 3.83. The lowest BCUT2D eigenvalue weighted by atomic mass is 9.99. The third-order valence-electron chi connectivity index (χ3n) is 4.49. The second-order valence-electron chi connectivity index (χ2n) is 6.76. The molecule has 1 N–H and O–H groups in total.